The largest absolute Gasteiger partial charge is 0.506 e. The SMILES string of the molecule is CCOC(=O)c1c(Cl)c(O)cc(Cl)c1OC. The Morgan fingerprint density at radius 2 is 2.12 bits per heavy atom. The summed E-state index contributed by atoms with van der Waals surface area (Å²) in [6, 6.07) is 1.20. The van der Waals surface area contributed by atoms with Crippen molar-refractivity contribution in [2.24, 2.45) is 0 Å². The van der Waals surface area contributed by atoms with E-state index in [1.807, 2.05) is 0 Å². The van der Waals surface area contributed by atoms with Crippen molar-refractivity contribution in [2.75, 3.05) is 13.7 Å². The van der Waals surface area contributed by atoms with Crippen LogP contribution in [-0.2, 0) is 4.74 Å². The molecule has 1 N–H and O–H groups in total. The number of rotatable bonds is 3. The maximum atomic E-state index is 11.6. The average Bonchev–Trinajstić information content (AvgIpc) is 2.23. The standard InChI is InChI=1S/C10H10Cl2O4/c1-3-16-10(14)7-8(12)6(13)4-5(11)9(7)15-2/h4,13H,3H2,1-2H3. The van der Waals surface area contributed by atoms with Crippen molar-refractivity contribution in [2.45, 2.75) is 6.92 Å². The van der Waals surface area contributed by atoms with Crippen LogP contribution in [0.4, 0.5) is 0 Å². The molecule has 1 aromatic rings. The van der Waals surface area contributed by atoms with Crippen LogP contribution in [0, 0.1) is 0 Å². The Morgan fingerprint density at radius 1 is 1.50 bits per heavy atom. The lowest BCUT2D eigenvalue weighted by Gasteiger charge is -2.12. The molecule has 0 spiro atoms. The second-order valence-electron chi connectivity index (χ2n) is 2.82. The number of hydrogen-bond acceptors (Lipinski definition) is 4. The number of carbonyl (C=O) groups is 1. The number of ether oxygens (including phenoxy) is 2. The number of phenolic OH excluding ortho intramolecular Hbond substituents is 1. The van der Waals surface area contributed by atoms with Crippen LogP contribution in [0.3, 0.4) is 0 Å². The highest BCUT2D eigenvalue weighted by atomic mass is 35.5. The Bertz CT molecular complexity index is 418. The van der Waals surface area contributed by atoms with Gasteiger partial charge >= 0.3 is 5.97 Å². The third kappa shape index (κ3) is 2.33. The first-order valence-electron chi connectivity index (χ1n) is 4.45. The number of esters is 1. The molecule has 0 aliphatic rings. The van der Waals surface area contributed by atoms with Gasteiger partial charge in [-0.2, -0.15) is 0 Å². The number of methoxy groups -OCH3 is 1. The van der Waals surface area contributed by atoms with Gasteiger partial charge in [-0.25, -0.2) is 4.79 Å². The van der Waals surface area contributed by atoms with Gasteiger partial charge in [0.15, 0.2) is 5.75 Å². The molecule has 1 rings (SSSR count). The van der Waals surface area contributed by atoms with Gasteiger partial charge in [-0.1, -0.05) is 23.2 Å². The molecule has 0 aliphatic carbocycles. The van der Waals surface area contributed by atoms with Gasteiger partial charge in [-0.3, -0.25) is 0 Å². The molecule has 0 fully saturated rings. The molecular weight excluding hydrogens is 255 g/mol. The van der Waals surface area contributed by atoms with Crippen LogP contribution in [0.5, 0.6) is 11.5 Å². The van der Waals surface area contributed by atoms with Crippen molar-refractivity contribution in [1.29, 1.82) is 0 Å². The molecule has 6 heteroatoms. The van der Waals surface area contributed by atoms with Crippen molar-refractivity contribution in [1.82, 2.24) is 0 Å². The van der Waals surface area contributed by atoms with Gasteiger partial charge in [0.1, 0.15) is 16.3 Å². The van der Waals surface area contributed by atoms with E-state index in [2.05, 4.69) is 0 Å². The van der Waals surface area contributed by atoms with E-state index in [1.165, 1.54) is 13.2 Å². The highest BCUT2D eigenvalue weighted by molar-refractivity contribution is 6.38. The Kier molecular flexibility index (Phi) is 4.26. The molecule has 0 amide bonds. The Labute approximate surface area is 103 Å². The van der Waals surface area contributed by atoms with Crippen LogP contribution in [0.2, 0.25) is 10.0 Å². The number of aromatic hydroxyl groups is 1. The quantitative estimate of drug-likeness (QED) is 0.854. The highest BCUT2D eigenvalue weighted by Gasteiger charge is 2.23. The van der Waals surface area contributed by atoms with Crippen LogP contribution in [-0.4, -0.2) is 24.8 Å². The molecule has 0 aliphatic heterocycles. The summed E-state index contributed by atoms with van der Waals surface area (Å²) in [5.74, 6) is -0.902. The fraction of sp³-hybridized carbons (Fsp3) is 0.300. The molecule has 0 aromatic heterocycles. The molecule has 0 atom stereocenters. The first-order chi connectivity index (χ1) is 7.52. The predicted molar refractivity (Wildman–Crippen MR) is 60.6 cm³/mol. The molecule has 16 heavy (non-hydrogen) atoms. The van der Waals surface area contributed by atoms with E-state index in [9.17, 15) is 9.90 Å². The lowest BCUT2D eigenvalue weighted by atomic mass is 10.2. The predicted octanol–water partition coefficient (Wildman–Crippen LogP) is 2.88. The topological polar surface area (TPSA) is 55.8 Å². The van der Waals surface area contributed by atoms with Crippen molar-refractivity contribution < 1.29 is 19.4 Å². The van der Waals surface area contributed by atoms with E-state index in [0.717, 1.165) is 0 Å². The highest BCUT2D eigenvalue weighted by Crippen LogP contribution is 2.40. The van der Waals surface area contributed by atoms with Gasteiger partial charge < -0.3 is 14.6 Å². The van der Waals surface area contributed by atoms with E-state index in [1.54, 1.807) is 6.92 Å². The van der Waals surface area contributed by atoms with Gasteiger partial charge in [-0.05, 0) is 6.92 Å². The van der Waals surface area contributed by atoms with Crippen LogP contribution in [0.1, 0.15) is 17.3 Å². The van der Waals surface area contributed by atoms with Crippen molar-refractivity contribution in [3.05, 3.63) is 21.7 Å². The molecule has 4 nitrogen and oxygen atoms in total. The summed E-state index contributed by atoms with van der Waals surface area (Å²) in [4.78, 5) is 11.6. The average molecular weight is 265 g/mol. The minimum Gasteiger partial charge on any atom is -0.506 e. The summed E-state index contributed by atoms with van der Waals surface area (Å²) in [6.45, 7) is 1.84. The number of benzene rings is 1. The molecule has 1 aromatic carbocycles. The number of phenols is 1. The van der Waals surface area contributed by atoms with Gasteiger partial charge in [0.05, 0.1) is 18.7 Å². The number of hydrogen-bond donors (Lipinski definition) is 1. The zero-order chi connectivity index (χ0) is 12.3. The maximum absolute atomic E-state index is 11.6. The first kappa shape index (κ1) is 12.9. The third-order valence-electron chi connectivity index (χ3n) is 1.84. The van der Waals surface area contributed by atoms with Crippen molar-refractivity contribution >= 4 is 29.2 Å². The molecule has 0 bridgehead atoms. The summed E-state index contributed by atoms with van der Waals surface area (Å²) in [5, 5.41) is 9.39. The normalized spacial score (nSPS) is 10.0. The fourth-order valence-electron chi connectivity index (χ4n) is 1.18. The minimum absolute atomic E-state index is 0.0731. The van der Waals surface area contributed by atoms with Gasteiger partial charge in [0, 0.05) is 6.07 Å². The fourth-order valence-corrected chi connectivity index (χ4v) is 1.67. The molecule has 0 radical (unpaired) electrons. The molecule has 0 saturated carbocycles. The van der Waals surface area contributed by atoms with Gasteiger partial charge in [0.2, 0.25) is 0 Å². The summed E-state index contributed by atoms with van der Waals surface area (Å²) in [7, 11) is 1.34. The van der Waals surface area contributed by atoms with Crippen LogP contribution in [0.25, 0.3) is 0 Å². The summed E-state index contributed by atoms with van der Waals surface area (Å²) >= 11 is 11.6. The zero-order valence-corrected chi connectivity index (χ0v) is 10.2. The number of carbonyl (C=O) groups excluding carboxylic acids is 1. The van der Waals surface area contributed by atoms with Gasteiger partial charge in [0.25, 0.3) is 0 Å². The monoisotopic (exact) mass is 264 g/mol. The molecule has 0 heterocycles. The minimum atomic E-state index is -0.692. The molecule has 0 unspecified atom stereocenters. The van der Waals surface area contributed by atoms with E-state index in [4.69, 9.17) is 32.7 Å². The van der Waals surface area contributed by atoms with Crippen LogP contribution < -0.4 is 4.74 Å². The lowest BCUT2D eigenvalue weighted by Crippen LogP contribution is -2.08. The van der Waals surface area contributed by atoms with Crippen molar-refractivity contribution in [3.8, 4) is 11.5 Å². The van der Waals surface area contributed by atoms with Crippen LogP contribution >= 0.6 is 23.2 Å². The summed E-state index contributed by atoms with van der Waals surface area (Å²) in [6.07, 6.45) is 0. The van der Waals surface area contributed by atoms with E-state index in [0.29, 0.717) is 0 Å². The smallest absolute Gasteiger partial charge is 0.343 e. The first-order valence-corrected chi connectivity index (χ1v) is 5.20. The Morgan fingerprint density at radius 3 is 2.62 bits per heavy atom. The van der Waals surface area contributed by atoms with E-state index in [-0.39, 0.29) is 33.7 Å². The zero-order valence-electron chi connectivity index (χ0n) is 8.71. The Balaban J connectivity index is 3.38. The van der Waals surface area contributed by atoms with Gasteiger partial charge in [-0.15, -0.1) is 0 Å². The molecule has 88 valence electrons. The third-order valence-corrected chi connectivity index (χ3v) is 2.50. The van der Waals surface area contributed by atoms with Crippen LogP contribution in [0.15, 0.2) is 6.07 Å². The molecule has 0 saturated heterocycles. The maximum Gasteiger partial charge on any atom is 0.343 e. The summed E-state index contributed by atoms with van der Waals surface area (Å²) in [5.41, 5.74) is -0.0731. The van der Waals surface area contributed by atoms with Crippen molar-refractivity contribution in [3.63, 3.8) is 0 Å². The number of halogens is 2. The Hall–Kier alpha value is -1.13. The second-order valence-corrected chi connectivity index (χ2v) is 3.61. The lowest BCUT2D eigenvalue weighted by molar-refractivity contribution is 0.0522. The van der Waals surface area contributed by atoms with E-state index >= 15 is 0 Å². The second kappa shape index (κ2) is 5.27. The molecular formula is C10H10Cl2O4. The van der Waals surface area contributed by atoms with E-state index < -0.39 is 5.97 Å². The summed E-state index contributed by atoms with van der Waals surface area (Å²) < 4.78 is 9.74.